The molecule has 116 valence electrons. The third-order valence-electron chi connectivity index (χ3n) is 4.10. The quantitative estimate of drug-likeness (QED) is 0.931. The summed E-state index contributed by atoms with van der Waals surface area (Å²) in [5.74, 6) is 1.02. The van der Waals surface area contributed by atoms with Crippen molar-refractivity contribution in [2.45, 2.75) is 57.9 Å². The van der Waals surface area contributed by atoms with Gasteiger partial charge in [-0.2, -0.15) is 0 Å². The van der Waals surface area contributed by atoms with Crippen LogP contribution in [0.4, 0.5) is 5.82 Å². The molecular formula is C16H24ClN3O. The highest BCUT2D eigenvalue weighted by Crippen LogP contribution is 2.30. The average molecular weight is 310 g/mol. The molecule has 1 aromatic rings. The molecule has 2 unspecified atom stereocenters. The lowest BCUT2D eigenvalue weighted by molar-refractivity contribution is 0.0302. The van der Waals surface area contributed by atoms with Gasteiger partial charge in [-0.25, -0.2) is 4.98 Å². The van der Waals surface area contributed by atoms with Gasteiger partial charge in [0.25, 0.3) is 0 Å². The summed E-state index contributed by atoms with van der Waals surface area (Å²) < 4.78 is 5.89. The molecule has 2 bridgehead atoms. The molecule has 1 N–H and O–H groups in total. The van der Waals surface area contributed by atoms with Crippen LogP contribution in [0.3, 0.4) is 0 Å². The van der Waals surface area contributed by atoms with Gasteiger partial charge in [0.2, 0.25) is 0 Å². The topological polar surface area (TPSA) is 37.4 Å². The fraction of sp³-hybridized carbons (Fsp3) is 0.688. The Hall–Kier alpha value is -0.840. The summed E-state index contributed by atoms with van der Waals surface area (Å²) in [6, 6.07) is 2.12. The van der Waals surface area contributed by atoms with Crippen molar-refractivity contribution in [2.75, 3.05) is 18.0 Å². The number of nitrogens with zero attached hydrogens (tertiary/aromatic N) is 2. The SMILES string of the molecule is CC(C)(C)NCc1cc(N2CC3CCC(C2)O3)ncc1Cl. The van der Waals surface area contributed by atoms with Gasteiger partial charge in [0.05, 0.1) is 17.2 Å². The number of pyridine rings is 1. The highest BCUT2D eigenvalue weighted by atomic mass is 35.5. The van der Waals surface area contributed by atoms with Crippen LogP contribution < -0.4 is 10.2 Å². The van der Waals surface area contributed by atoms with E-state index < -0.39 is 0 Å². The van der Waals surface area contributed by atoms with E-state index in [0.717, 1.165) is 36.0 Å². The monoisotopic (exact) mass is 309 g/mol. The molecule has 1 aromatic heterocycles. The molecule has 2 saturated heterocycles. The number of rotatable bonds is 3. The largest absolute Gasteiger partial charge is 0.371 e. The van der Waals surface area contributed by atoms with Crippen LogP contribution in [-0.2, 0) is 11.3 Å². The number of hydrogen-bond donors (Lipinski definition) is 1. The second kappa shape index (κ2) is 5.75. The van der Waals surface area contributed by atoms with E-state index in [9.17, 15) is 0 Å². The third kappa shape index (κ3) is 3.68. The number of anilines is 1. The highest BCUT2D eigenvalue weighted by Gasteiger charge is 2.34. The predicted octanol–water partition coefficient (Wildman–Crippen LogP) is 2.99. The van der Waals surface area contributed by atoms with Crippen molar-refractivity contribution >= 4 is 17.4 Å². The normalized spacial score (nSPS) is 25.4. The lowest BCUT2D eigenvalue weighted by Crippen LogP contribution is -2.43. The molecule has 5 heteroatoms. The zero-order valence-corrected chi connectivity index (χ0v) is 13.8. The van der Waals surface area contributed by atoms with Crippen LogP contribution in [-0.4, -0.2) is 35.8 Å². The van der Waals surface area contributed by atoms with E-state index in [2.05, 4.69) is 42.0 Å². The number of fused-ring (bicyclic) bond motifs is 2. The number of hydrogen-bond acceptors (Lipinski definition) is 4. The van der Waals surface area contributed by atoms with Crippen molar-refractivity contribution in [2.24, 2.45) is 0 Å². The first-order valence-corrected chi connectivity index (χ1v) is 8.08. The summed E-state index contributed by atoms with van der Waals surface area (Å²) in [6.07, 6.45) is 4.86. The maximum Gasteiger partial charge on any atom is 0.129 e. The van der Waals surface area contributed by atoms with Crippen LogP contribution in [0.25, 0.3) is 0 Å². The second-order valence-electron chi connectivity index (χ2n) is 7.10. The van der Waals surface area contributed by atoms with Gasteiger partial charge in [0, 0.05) is 31.4 Å². The van der Waals surface area contributed by atoms with Crippen molar-refractivity contribution in [3.8, 4) is 0 Å². The summed E-state index contributed by atoms with van der Waals surface area (Å²) >= 11 is 6.29. The molecule has 0 aromatic carbocycles. The van der Waals surface area contributed by atoms with Crippen LogP contribution >= 0.6 is 11.6 Å². The van der Waals surface area contributed by atoms with E-state index in [1.807, 2.05) is 0 Å². The standard InChI is InChI=1S/C16H24ClN3O/c1-16(2,3)19-7-11-6-15(18-8-14(11)17)20-9-12-4-5-13(10-20)21-12/h6,8,12-13,19H,4-5,7,9-10H2,1-3H3. The minimum absolute atomic E-state index is 0.0742. The van der Waals surface area contributed by atoms with Crippen LogP contribution in [0.5, 0.6) is 0 Å². The average Bonchev–Trinajstić information content (AvgIpc) is 2.75. The predicted molar refractivity (Wildman–Crippen MR) is 85.9 cm³/mol. The Morgan fingerprint density at radius 1 is 1.33 bits per heavy atom. The van der Waals surface area contributed by atoms with Gasteiger partial charge in [-0.15, -0.1) is 0 Å². The number of halogens is 1. The van der Waals surface area contributed by atoms with Crippen LogP contribution in [0.2, 0.25) is 5.02 Å². The first kappa shape index (κ1) is 15.1. The molecule has 2 atom stereocenters. The lowest BCUT2D eigenvalue weighted by Gasteiger charge is -2.33. The summed E-state index contributed by atoms with van der Waals surface area (Å²) in [7, 11) is 0. The van der Waals surface area contributed by atoms with Crippen molar-refractivity contribution in [3.05, 3.63) is 22.8 Å². The molecule has 0 aliphatic carbocycles. The molecular weight excluding hydrogens is 286 g/mol. The van der Waals surface area contributed by atoms with E-state index in [1.165, 1.54) is 12.8 Å². The first-order chi connectivity index (χ1) is 9.90. The molecule has 21 heavy (non-hydrogen) atoms. The van der Waals surface area contributed by atoms with Gasteiger partial charge in [0.1, 0.15) is 5.82 Å². The first-order valence-electron chi connectivity index (χ1n) is 7.70. The number of aromatic nitrogens is 1. The Morgan fingerprint density at radius 3 is 2.62 bits per heavy atom. The molecule has 0 saturated carbocycles. The van der Waals surface area contributed by atoms with Gasteiger partial charge in [-0.05, 0) is 45.2 Å². The fourth-order valence-corrected chi connectivity index (χ4v) is 3.11. The summed E-state index contributed by atoms with van der Waals surface area (Å²) in [4.78, 5) is 6.85. The van der Waals surface area contributed by atoms with Gasteiger partial charge in [0.15, 0.2) is 0 Å². The van der Waals surface area contributed by atoms with Gasteiger partial charge in [-0.1, -0.05) is 11.6 Å². The Bertz CT molecular complexity index is 503. The highest BCUT2D eigenvalue weighted by molar-refractivity contribution is 6.31. The Labute approximate surface area is 131 Å². The number of ether oxygens (including phenoxy) is 1. The smallest absolute Gasteiger partial charge is 0.129 e. The van der Waals surface area contributed by atoms with Gasteiger partial charge >= 0.3 is 0 Å². The Morgan fingerprint density at radius 2 is 2.00 bits per heavy atom. The van der Waals surface area contributed by atoms with E-state index in [1.54, 1.807) is 6.20 Å². The minimum Gasteiger partial charge on any atom is -0.371 e. The van der Waals surface area contributed by atoms with E-state index in [4.69, 9.17) is 16.3 Å². The fourth-order valence-electron chi connectivity index (χ4n) is 2.94. The van der Waals surface area contributed by atoms with Crippen molar-refractivity contribution < 1.29 is 4.74 Å². The van der Waals surface area contributed by atoms with Crippen molar-refractivity contribution in [3.63, 3.8) is 0 Å². The van der Waals surface area contributed by atoms with Crippen LogP contribution in [0, 0.1) is 0 Å². The molecule has 0 amide bonds. The maximum absolute atomic E-state index is 6.29. The minimum atomic E-state index is 0.0742. The van der Waals surface area contributed by atoms with Gasteiger partial charge in [-0.3, -0.25) is 0 Å². The van der Waals surface area contributed by atoms with Crippen LogP contribution in [0.15, 0.2) is 12.3 Å². The summed E-state index contributed by atoms with van der Waals surface area (Å²) in [6.45, 7) is 9.11. The number of morpholine rings is 1. The number of nitrogens with one attached hydrogen (secondary N) is 1. The van der Waals surface area contributed by atoms with E-state index in [-0.39, 0.29) is 5.54 Å². The molecule has 2 fully saturated rings. The van der Waals surface area contributed by atoms with Crippen molar-refractivity contribution in [1.29, 1.82) is 0 Å². The molecule has 4 nitrogen and oxygen atoms in total. The molecule has 3 rings (SSSR count). The maximum atomic E-state index is 6.29. The molecule has 2 aliphatic rings. The molecule has 3 heterocycles. The Balaban J connectivity index is 1.74. The van der Waals surface area contributed by atoms with Gasteiger partial charge < -0.3 is 15.0 Å². The molecule has 2 aliphatic heterocycles. The molecule has 0 radical (unpaired) electrons. The summed E-state index contributed by atoms with van der Waals surface area (Å²) in [5, 5.41) is 4.21. The van der Waals surface area contributed by atoms with E-state index in [0.29, 0.717) is 12.2 Å². The van der Waals surface area contributed by atoms with E-state index >= 15 is 0 Å². The summed E-state index contributed by atoms with van der Waals surface area (Å²) in [5.41, 5.74) is 1.18. The molecule has 0 spiro atoms. The third-order valence-corrected chi connectivity index (χ3v) is 4.44. The Kier molecular flexibility index (Phi) is 4.12. The lowest BCUT2D eigenvalue weighted by atomic mass is 10.1. The van der Waals surface area contributed by atoms with Crippen LogP contribution in [0.1, 0.15) is 39.2 Å². The second-order valence-corrected chi connectivity index (χ2v) is 7.51. The zero-order valence-electron chi connectivity index (χ0n) is 13.0. The zero-order chi connectivity index (χ0) is 15.0. The van der Waals surface area contributed by atoms with Crippen molar-refractivity contribution in [1.82, 2.24) is 10.3 Å².